The molecule has 0 saturated heterocycles. The Kier molecular flexibility index (Phi) is 5.23. The first-order valence-corrected chi connectivity index (χ1v) is 5.76. The van der Waals surface area contributed by atoms with Crippen LogP contribution in [0.15, 0.2) is 12.4 Å². The Balaban J connectivity index is 2.72. The molecule has 1 heterocycles. The van der Waals surface area contributed by atoms with Gasteiger partial charge < -0.3 is 0 Å². The first-order valence-electron chi connectivity index (χ1n) is 5.76. The second kappa shape index (κ2) is 6.75. The van der Waals surface area contributed by atoms with Gasteiger partial charge in [-0.15, -0.1) is 12.3 Å². The van der Waals surface area contributed by atoms with E-state index in [9.17, 15) is 0 Å². The van der Waals surface area contributed by atoms with E-state index in [0.29, 0.717) is 0 Å². The van der Waals surface area contributed by atoms with Crippen LogP contribution in [0.5, 0.6) is 0 Å². The normalized spacial score (nSPS) is 9.31. The van der Waals surface area contributed by atoms with Gasteiger partial charge in [-0.2, -0.15) is 0 Å². The predicted molar refractivity (Wildman–Crippen MR) is 65.5 cm³/mol. The summed E-state index contributed by atoms with van der Waals surface area (Å²) < 4.78 is 4.15. The molecule has 1 aromatic rings. The van der Waals surface area contributed by atoms with Crippen molar-refractivity contribution in [3.05, 3.63) is 18.2 Å². The van der Waals surface area contributed by atoms with Crippen molar-refractivity contribution in [3.8, 4) is 24.2 Å². The Labute approximate surface area is 98.3 Å². The number of nitrogens with zero attached hydrogens (tertiary/aromatic N) is 2. The summed E-state index contributed by atoms with van der Waals surface area (Å²) in [4.78, 5) is 0. The summed E-state index contributed by atoms with van der Waals surface area (Å²) in [6, 6.07) is 0. The molecule has 0 bridgehead atoms. The number of rotatable bonds is 4. The number of aryl methyl sites for hydroxylation is 2. The van der Waals surface area contributed by atoms with E-state index >= 15 is 0 Å². The molecular weight excluding hydrogens is 196 g/mol. The van der Waals surface area contributed by atoms with Crippen LogP contribution in [-0.4, -0.2) is 4.57 Å². The maximum atomic E-state index is 5.27. The van der Waals surface area contributed by atoms with Gasteiger partial charge in [0, 0.05) is 18.8 Å². The van der Waals surface area contributed by atoms with E-state index in [1.54, 1.807) is 0 Å². The number of hydrogen-bond acceptors (Lipinski definition) is 0. The molecule has 0 saturated carbocycles. The number of terminal acetylenes is 1. The van der Waals surface area contributed by atoms with Gasteiger partial charge in [0.25, 0.3) is 0 Å². The van der Waals surface area contributed by atoms with E-state index in [2.05, 4.69) is 29.3 Å². The lowest BCUT2D eigenvalue weighted by Crippen LogP contribution is -2.30. The SMILES string of the molecule is C#CCCn1cc[n+](C)c1C#CCCCC. The fraction of sp³-hybridized carbons (Fsp3) is 0.500. The van der Waals surface area contributed by atoms with Crippen LogP contribution in [0.25, 0.3) is 0 Å². The molecule has 84 valence electrons. The van der Waals surface area contributed by atoms with E-state index in [4.69, 9.17) is 6.42 Å². The highest BCUT2D eigenvalue weighted by Gasteiger charge is 2.10. The van der Waals surface area contributed by atoms with E-state index in [1.165, 1.54) is 12.8 Å². The summed E-state index contributed by atoms with van der Waals surface area (Å²) in [5.41, 5.74) is 0. The number of unbranched alkanes of at least 4 members (excludes halogenated alkanes) is 2. The third kappa shape index (κ3) is 3.48. The minimum Gasteiger partial charge on any atom is -0.226 e. The quantitative estimate of drug-likeness (QED) is 0.412. The molecular formula is C14H19N2+. The van der Waals surface area contributed by atoms with Crippen molar-refractivity contribution < 1.29 is 4.57 Å². The summed E-state index contributed by atoms with van der Waals surface area (Å²) >= 11 is 0. The van der Waals surface area contributed by atoms with Crippen LogP contribution in [-0.2, 0) is 13.6 Å². The summed E-state index contributed by atoms with van der Waals surface area (Å²) in [6.07, 6.45) is 13.4. The predicted octanol–water partition coefficient (Wildman–Crippen LogP) is 1.88. The van der Waals surface area contributed by atoms with Gasteiger partial charge >= 0.3 is 5.82 Å². The molecule has 0 aliphatic heterocycles. The standard InChI is InChI=1S/C14H19N2/c1-4-6-8-9-10-14-15(3)12-13-16(14)11-7-5-2/h2,12-13H,4,6-8,11H2,1,3H3/q+1. The zero-order chi connectivity index (χ0) is 11.8. The van der Waals surface area contributed by atoms with Crippen molar-refractivity contribution in [1.82, 2.24) is 4.57 Å². The number of imidazole rings is 1. The van der Waals surface area contributed by atoms with Crippen molar-refractivity contribution >= 4 is 0 Å². The highest BCUT2D eigenvalue weighted by molar-refractivity contribution is 5.17. The minimum absolute atomic E-state index is 0.748. The van der Waals surface area contributed by atoms with E-state index in [1.807, 2.05) is 24.0 Å². The fourth-order valence-electron chi connectivity index (χ4n) is 1.46. The average molecular weight is 215 g/mol. The van der Waals surface area contributed by atoms with Gasteiger partial charge in [0.05, 0.1) is 7.05 Å². The van der Waals surface area contributed by atoms with Crippen molar-refractivity contribution in [2.75, 3.05) is 0 Å². The van der Waals surface area contributed by atoms with Gasteiger partial charge in [0.2, 0.25) is 0 Å². The van der Waals surface area contributed by atoms with Gasteiger partial charge in [-0.3, -0.25) is 0 Å². The van der Waals surface area contributed by atoms with Crippen LogP contribution < -0.4 is 4.57 Å². The van der Waals surface area contributed by atoms with Crippen molar-refractivity contribution in [3.63, 3.8) is 0 Å². The second-order valence-electron chi connectivity index (χ2n) is 3.79. The van der Waals surface area contributed by atoms with Crippen molar-refractivity contribution in [1.29, 1.82) is 0 Å². The molecule has 0 unspecified atom stereocenters. The average Bonchev–Trinajstić information content (AvgIpc) is 2.63. The van der Waals surface area contributed by atoms with Crippen molar-refractivity contribution in [2.45, 2.75) is 39.2 Å². The van der Waals surface area contributed by atoms with Crippen LogP contribution in [0, 0.1) is 24.2 Å². The van der Waals surface area contributed by atoms with Crippen LogP contribution >= 0.6 is 0 Å². The van der Waals surface area contributed by atoms with E-state index in [-0.39, 0.29) is 0 Å². The fourth-order valence-corrected chi connectivity index (χ4v) is 1.46. The van der Waals surface area contributed by atoms with Gasteiger partial charge in [-0.25, -0.2) is 9.13 Å². The maximum absolute atomic E-state index is 5.27. The van der Waals surface area contributed by atoms with Crippen LogP contribution in [0.1, 0.15) is 38.4 Å². The monoisotopic (exact) mass is 215 g/mol. The largest absolute Gasteiger partial charge is 0.334 e. The lowest BCUT2D eigenvalue weighted by molar-refractivity contribution is -0.673. The summed E-state index contributed by atoms with van der Waals surface area (Å²) in [6.45, 7) is 3.02. The van der Waals surface area contributed by atoms with Gasteiger partial charge in [0.15, 0.2) is 0 Å². The molecule has 2 nitrogen and oxygen atoms in total. The molecule has 0 aromatic carbocycles. The van der Waals surface area contributed by atoms with Crippen LogP contribution in [0.3, 0.4) is 0 Å². The highest BCUT2D eigenvalue weighted by Crippen LogP contribution is 1.96. The van der Waals surface area contributed by atoms with Gasteiger partial charge in [-0.05, 0) is 6.42 Å². The molecule has 0 atom stereocenters. The molecule has 1 rings (SSSR count). The molecule has 0 aliphatic carbocycles. The Hall–Kier alpha value is -1.67. The molecule has 0 fully saturated rings. The Morgan fingerprint density at radius 1 is 1.44 bits per heavy atom. The first kappa shape index (κ1) is 12.4. The third-order valence-electron chi connectivity index (χ3n) is 2.43. The van der Waals surface area contributed by atoms with E-state index < -0.39 is 0 Å². The van der Waals surface area contributed by atoms with E-state index in [0.717, 1.165) is 25.2 Å². The Morgan fingerprint density at radius 3 is 2.94 bits per heavy atom. The maximum Gasteiger partial charge on any atom is 0.334 e. The van der Waals surface area contributed by atoms with Crippen LogP contribution in [0.2, 0.25) is 0 Å². The molecule has 1 aromatic heterocycles. The lowest BCUT2D eigenvalue weighted by Gasteiger charge is -1.93. The number of aromatic nitrogens is 2. The van der Waals surface area contributed by atoms with Gasteiger partial charge in [0.1, 0.15) is 18.9 Å². The second-order valence-corrected chi connectivity index (χ2v) is 3.79. The molecule has 0 amide bonds. The Bertz CT molecular complexity index is 424. The summed E-state index contributed by atoms with van der Waals surface area (Å²) in [7, 11) is 2.01. The van der Waals surface area contributed by atoms with Crippen molar-refractivity contribution in [2.24, 2.45) is 7.05 Å². The zero-order valence-electron chi connectivity index (χ0n) is 10.2. The third-order valence-corrected chi connectivity index (χ3v) is 2.43. The lowest BCUT2D eigenvalue weighted by atomic mass is 10.2. The molecule has 0 radical (unpaired) electrons. The zero-order valence-corrected chi connectivity index (χ0v) is 10.2. The highest BCUT2D eigenvalue weighted by atomic mass is 15.1. The topological polar surface area (TPSA) is 8.81 Å². The Morgan fingerprint density at radius 2 is 2.25 bits per heavy atom. The number of hydrogen-bond donors (Lipinski definition) is 0. The smallest absolute Gasteiger partial charge is 0.226 e. The molecule has 16 heavy (non-hydrogen) atoms. The van der Waals surface area contributed by atoms with Gasteiger partial charge in [-0.1, -0.05) is 19.3 Å². The van der Waals surface area contributed by atoms with Crippen LogP contribution in [0.4, 0.5) is 0 Å². The molecule has 0 spiro atoms. The minimum atomic E-state index is 0.748. The molecule has 2 heteroatoms. The summed E-state index contributed by atoms with van der Waals surface area (Å²) in [5.74, 6) is 10.1. The summed E-state index contributed by atoms with van der Waals surface area (Å²) in [5, 5.41) is 0. The molecule has 0 aliphatic rings. The first-order chi connectivity index (χ1) is 7.79. The molecule has 0 N–H and O–H groups in total.